The first-order chi connectivity index (χ1) is 11.8. The molecule has 2 heterocycles. The first-order valence-corrected chi connectivity index (χ1v) is 7.48. The van der Waals surface area contributed by atoms with Crippen LogP contribution < -0.4 is 0 Å². The van der Waals surface area contributed by atoms with Crippen molar-refractivity contribution >= 4 is 23.1 Å². The molecule has 1 aromatic carbocycles. The molecule has 0 saturated heterocycles. The molecule has 0 aliphatic rings. The highest BCUT2D eigenvalue weighted by atomic mass is 16.3. The van der Waals surface area contributed by atoms with E-state index in [1.54, 1.807) is 23.3 Å². The number of hydrogen-bond acceptors (Lipinski definition) is 5. The maximum Gasteiger partial charge on any atom is 0.247 e. The number of hydrogen-bond donors (Lipinski definition) is 0. The Morgan fingerprint density at radius 2 is 2.17 bits per heavy atom. The normalized spacial score (nSPS) is 11.0. The van der Waals surface area contributed by atoms with E-state index in [1.807, 2.05) is 30.3 Å². The van der Waals surface area contributed by atoms with Crippen molar-refractivity contribution in [1.82, 2.24) is 9.88 Å². The maximum absolute atomic E-state index is 12.4. The number of benzene rings is 1. The van der Waals surface area contributed by atoms with E-state index in [9.17, 15) is 4.79 Å². The van der Waals surface area contributed by atoms with Crippen LogP contribution in [0.4, 0.5) is 0 Å². The minimum absolute atomic E-state index is 0.232. The number of carbonyl (C=O) groups excluding carboxylic acids is 1. The highest BCUT2D eigenvalue weighted by molar-refractivity contribution is 5.91. The number of furan rings is 1. The van der Waals surface area contributed by atoms with E-state index in [4.69, 9.17) is 14.1 Å². The van der Waals surface area contributed by atoms with Crippen molar-refractivity contribution in [2.24, 2.45) is 0 Å². The Morgan fingerprint density at radius 1 is 1.29 bits per heavy atom. The summed E-state index contributed by atoms with van der Waals surface area (Å²) in [4.78, 5) is 18.2. The van der Waals surface area contributed by atoms with Gasteiger partial charge in [0.25, 0.3) is 0 Å². The molecule has 120 valence electrons. The summed E-state index contributed by atoms with van der Waals surface area (Å²) in [5, 5.41) is 8.76. The van der Waals surface area contributed by atoms with Gasteiger partial charge in [0.1, 0.15) is 11.3 Å². The molecule has 24 heavy (non-hydrogen) atoms. The quantitative estimate of drug-likeness (QED) is 0.650. The largest absolute Gasteiger partial charge is 0.467 e. The Kier molecular flexibility index (Phi) is 4.73. The lowest BCUT2D eigenvalue weighted by Crippen LogP contribution is -2.29. The molecule has 0 N–H and O–H groups in total. The molecule has 1 amide bonds. The van der Waals surface area contributed by atoms with Crippen LogP contribution in [0.15, 0.2) is 57.6 Å². The number of rotatable bonds is 6. The van der Waals surface area contributed by atoms with Crippen LogP contribution in [-0.4, -0.2) is 22.3 Å². The van der Waals surface area contributed by atoms with Crippen LogP contribution in [0.5, 0.6) is 0 Å². The average molecular weight is 321 g/mol. The maximum atomic E-state index is 12.4. The van der Waals surface area contributed by atoms with Gasteiger partial charge in [0.2, 0.25) is 11.8 Å². The van der Waals surface area contributed by atoms with Gasteiger partial charge in [0.05, 0.1) is 25.3 Å². The molecule has 0 bridgehead atoms. The Balaban J connectivity index is 1.72. The molecular formula is C18H15N3O3. The smallest absolute Gasteiger partial charge is 0.247 e. The van der Waals surface area contributed by atoms with Crippen molar-refractivity contribution in [3.8, 4) is 6.07 Å². The number of fused-ring (bicyclic) bond motifs is 1. The molecule has 0 fully saturated rings. The molecule has 0 aliphatic carbocycles. The fourth-order valence-electron chi connectivity index (χ4n) is 2.25. The third kappa shape index (κ3) is 3.70. The summed E-state index contributed by atoms with van der Waals surface area (Å²) < 4.78 is 10.8. The van der Waals surface area contributed by atoms with E-state index in [0.29, 0.717) is 30.3 Å². The molecule has 0 unspecified atom stereocenters. The predicted molar refractivity (Wildman–Crippen MR) is 87.4 cm³/mol. The number of para-hydroxylation sites is 2. The SMILES string of the molecule is N#CCCN(Cc1ccco1)C(=O)/C=C/c1nc2ccccc2o1. The van der Waals surface area contributed by atoms with Gasteiger partial charge in [-0.1, -0.05) is 12.1 Å². The summed E-state index contributed by atoms with van der Waals surface area (Å²) in [6.45, 7) is 0.638. The summed E-state index contributed by atoms with van der Waals surface area (Å²) in [7, 11) is 0. The van der Waals surface area contributed by atoms with Crippen LogP contribution in [0, 0.1) is 11.3 Å². The van der Waals surface area contributed by atoms with E-state index >= 15 is 0 Å². The Bertz CT molecular complexity index is 855. The lowest BCUT2D eigenvalue weighted by molar-refractivity contribution is -0.126. The Morgan fingerprint density at radius 3 is 2.92 bits per heavy atom. The van der Waals surface area contributed by atoms with Crippen molar-refractivity contribution in [2.75, 3.05) is 6.54 Å². The number of aromatic nitrogens is 1. The zero-order valence-electron chi connectivity index (χ0n) is 12.9. The highest BCUT2D eigenvalue weighted by Crippen LogP contribution is 2.16. The van der Waals surface area contributed by atoms with E-state index in [0.717, 1.165) is 5.52 Å². The molecule has 3 rings (SSSR count). The molecule has 0 saturated carbocycles. The summed E-state index contributed by atoms with van der Waals surface area (Å²) in [5.41, 5.74) is 1.41. The molecule has 3 aromatic rings. The minimum Gasteiger partial charge on any atom is -0.467 e. The Labute approximate surface area is 138 Å². The molecule has 0 spiro atoms. The van der Waals surface area contributed by atoms with Gasteiger partial charge in [0, 0.05) is 18.7 Å². The molecule has 6 nitrogen and oxygen atoms in total. The van der Waals surface area contributed by atoms with E-state index in [1.165, 1.54) is 12.2 Å². The van der Waals surface area contributed by atoms with Crippen molar-refractivity contribution in [3.63, 3.8) is 0 Å². The van der Waals surface area contributed by atoms with Gasteiger partial charge < -0.3 is 13.7 Å². The molecular weight excluding hydrogens is 306 g/mol. The van der Waals surface area contributed by atoms with Crippen LogP contribution in [-0.2, 0) is 11.3 Å². The van der Waals surface area contributed by atoms with Gasteiger partial charge in [-0.3, -0.25) is 4.79 Å². The molecule has 6 heteroatoms. The number of carbonyl (C=O) groups is 1. The summed E-state index contributed by atoms with van der Waals surface area (Å²) in [6.07, 6.45) is 4.73. The monoisotopic (exact) mass is 321 g/mol. The van der Waals surface area contributed by atoms with Crippen LogP contribution in [0.2, 0.25) is 0 Å². The van der Waals surface area contributed by atoms with Crippen LogP contribution in [0.25, 0.3) is 17.2 Å². The van der Waals surface area contributed by atoms with Crippen LogP contribution >= 0.6 is 0 Å². The molecule has 0 aliphatic heterocycles. The zero-order valence-corrected chi connectivity index (χ0v) is 12.9. The summed E-state index contributed by atoms with van der Waals surface area (Å²) in [6, 6.07) is 13.0. The van der Waals surface area contributed by atoms with Crippen LogP contribution in [0.3, 0.4) is 0 Å². The van der Waals surface area contributed by atoms with Gasteiger partial charge in [0.15, 0.2) is 5.58 Å². The third-order valence-electron chi connectivity index (χ3n) is 3.41. The number of oxazole rings is 1. The van der Waals surface area contributed by atoms with Gasteiger partial charge in [-0.25, -0.2) is 4.98 Å². The van der Waals surface area contributed by atoms with Crippen molar-refractivity contribution in [3.05, 3.63) is 60.4 Å². The lowest BCUT2D eigenvalue weighted by Gasteiger charge is -2.18. The van der Waals surface area contributed by atoms with Crippen molar-refractivity contribution in [2.45, 2.75) is 13.0 Å². The van der Waals surface area contributed by atoms with Gasteiger partial charge in [-0.15, -0.1) is 0 Å². The fourth-order valence-corrected chi connectivity index (χ4v) is 2.25. The van der Waals surface area contributed by atoms with E-state index in [2.05, 4.69) is 4.98 Å². The molecule has 0 radical (unpaired) electrons. The zero-order chi connectivity index (χ0) is 16.8. The van der Waals surface area contributed by atoms with Crippen molar-refractivity contribution < 1.29 is 13.6 Å². The highest BCUT2D eigenvalue weighted by Gasteiger charge is 2.13. The van der Waals surface area contributed by atoms with E-state index < -0.39 is 0 Å². The second kappa shape index (κ2) is 7.29. The first-order valence-electron chi connectivity index (χ1n) is 7.48. The fraction of sp³-hybridized carbons (Fsp3) is 0.167. The number of nitrogens with zero attached hydrogens (tertiary/aromatic N) is 3. The Hall–Kier alpha value is -3.33. The van der Waals surface area contributed by atoms with E-state index in [-0.39, 0.29) is 12.3 Å². The minimum atomic E-state index is -0.232. The topological polar surface area (TPSA) is 83.3 Å². The number of amides is 1. The first kappa shape index (κ1) is 15.6. The molecule has 0 atom stereocenters. The third-order valence-corrected chi connectivity index (χ3v) is 3.41. The number of nitriles is 1. The standard InChI is InChI=1S/C18H15N3O3/c19-10-4-11-21(13-14-5-3-12-23-14)18(22)9-8-17-20-15-6-1-2-7-16(15)24-17/h1-3,5-9,12H,4,11,13H2/b9-8+. The molecule has 2 aromatic heterocycles. The summed E-state index contributed by atoms with van der Waals surface area (Å²) >= 11 is 0. The average Bonchev–Trinajstić information content (AvgIpc) is 3.25. The van der Waals surface area contributed by atoms with Gasteiger partial charge >= 0.3 is 0 Å². The second-order valence-electron chi connectivity index (χ2n) is 5.10. The predicted octanol–water partition coefficient (Wildman–Crippen LogP) is 3.38. The second-order valence-corrected chi connectivity index (χ2v) is 5.10. The summed E-state index contributed by atoms with van der Waals surface area (Å²) in [5.74, 6) is 0.795. The van der Waals surface area contributed by atoms with Crippen molar-refractivity contribution in [1.29, 1.82) is 5.26 Å². The van der Waals surface area contributed by atoms with Gasteiger partial charge in [-0.2, -0.15) is 5.26 Å². The van der Waals surface area contributed by atoms with Crippen LogP contribution in [0.1, 0.15) is 18.1 Å². The van der Waals surface area contributed by atoms with Gasteiger partial charge in [-0.05, 0) is 24.3 Å². The lowest BCUT2D eigenvalue weighted by atomic mass is 10.3.